The third-order valence-electron chi connectivity index (χ3n) is 1.32. The molecule has 0 spiro atoms. The van der Waals surface area contributed by atoms with Gasteiger partial charge < -0.3 is 0 Å². The predicted octanol–water partition coefficient (Wildman–Crippen LogP) is 4.01. The summed E-state index contributed by atoms with van der Waals surface area (Å²) in [7, 11) is 0. The molecule has 0 heteroatoms. The van der Waals surface area contributed by atoms with Gasteiger partial charge in [0.1, 0.15) is 0 Å². The molecule has 0 saturated carbocycles. The summed E-state index contributed by atoms with van der Waals surface area (Å²) in [6, 6.07) is 0. The molecule has 0 heterocycles. The summed E-state index contributed by atoms with van der Waals surface area (Å²) in [5, 5.41) is 0. The summed E-state index contributed by atoms with van der Waals surface area (Å²) in [5.74, 6) is 0. The average molecular weight is 173 g/mol. The number of hydrogen-bond acceptors (Lipinski definition) is 0. The van der Waals surface area contributed by atoms with Gasteiger partial charge in [-0.2, -0.15) is 0 Å². The lowest BCUT2D eigenvalue weighted by Gasteiger charge is -1.77. The maximum absolute atomic E-state index is 3.60. The van der Waals surface area contributed by atoms with E-state index in [-0.39, 0.29) is 0 Å². The highest BCUT2D eigenvalue weighted by Crippen LogP contribution is 1.87. The first-order valence-electron chi connectivity index (χ1n) is 4.47. The summed E-state index contributed by atoms with van der Waals surface area (Å²) in [5.41, 5.74) is 0. The molecular formula is C13H17. The van der Waals surface area contributed by atoms with E-state index >= 15 is 0 Å². The van der Waals surface area contributed by atoms with Crippen LogP contribution in [0.4, 0.5) is 0 Å². The van der Waals surface area contributed by atoms with Crippen LogP contribution in [0.15, 0.2) is 60.8 Å². The van der Waals surface area contributed by atoms with Gasteiger partial charge in [-0.05, 0) is 20.3 Å². The fraction of sp³-hybridized carbons (Fsp3) is 0.154. The SMILES string of the molecule is [CH2]C=CCC=CC=CC=CC=CC. The molecule has 13 heavy (non-hydrogen) atoms. The summed E-state index contributed by atoms with van der Waals surface area (Å²) < 4.78 is 0. The number of hydrogen-bond donors (Lipinski definition) is 0. The van der Waals surface area contributed by atoms with Gasteiger partial charge in [0.05, 0.1) is 0 Å². The average Bonchev–Trinajstić information content (AvgIpc) is 2.16. The smallest absolute Gasteiger partial charge is 0.0166 e. The molecule has 69 valence electrons. The van der Waals surface area contributed by atoms with Crippen molar-refractivity contribution in [3.8, 4) is 0 Å². The van der Waals surface area contributed by atoms with Crippen LogP contribution in [0.5, 0.6) is 0 Å². The van der Waals surface area contributed by atoms with Crippen LogP contribution in [-0.4, -0.2) is 0 Å². The Kier molecular flexibility index (Phi) is 9.63. The molecule has 0 nitrogen and oxygen atoms in total. The van der Waals surface area contributed by atoms with E-state index in [2.05, 4.69) is 13.0 Å². The number of allylic oxidation sites excluding steroid dienone is 10. The van der Waals surface area contributed by atoms with Crippen molar-refractivity contribution in [2.45, 2.75) is 13.3 Å². The van der Waals surface area contributed by atoms with E-state index in [4.69, 9.17) is 0 Å². The molecular weight excluding hydrogens is 156 g/mol. The summed E-state index contributed by atoms with van der Waals surface area (Å²) >= 11 is 0. The Balaban J connectivity index is 3.56. The Morgan fingerprint density at radius 3 is 2.08 bits per heavy atom. The molecule has 0 aliphatic heterocycles. The lowest BCUT2D eigenvalue weighted by atomic mass is 10.3. The van der Waals surface area contributed by atoms with Crippen molar-refractivity contribution in [2.75, 3.05) is 0 Å². The van der Waals surface area contributed by atoms with E-state index in [1.54, 1.807) is 6.08 Å². The minimum Gasteiger partial charge on any atom is -0.0879 e. The van der Waals surface area contributed by atoms with Crippen molar-refractivity contribution in [3.63, 3.8) is 0 Å². The normalized spacial score (nSPS) is 13.7. The van der Waals surface area contributed by atoms with Crippen molar-refractivity contribution >= 4 is 0 Å². The highest BCUT2D eigenvalue weighted by atomic mass is 13.7. The van der Waals surface area contributed by atoms with Gasteiger partial charge in [-0.15, -0.1) is 0 Å². The molecule has 0 aliphatic rings. The third kappa shape index (κ3) is 10.7. The first kappa shape index (κ1) is 11.7. The first-order valence-corrected chi connectivity index (χ1v) is 4.47. The standard InChI is InChI=1S/C13H17/c1-3-5-7-9-11-13-12-10-8-6-4-2/h3-6,8-13H,1,7H2,2H3. The van der Waals surface area contributed by atoms with Gasteiger partial charge >= 0.3 is 0 Å². The zero-order valence-electron chi connectivity index (χ0n) is 8.19. The topological polar surface area (TPSA) is 0 Å². The predicted molar refractivity (Wildman–Crippen MR) is 61.3 cm³/mol. The Morgan fingerprint density at radius 1 is 0.846 bits per heavy atom. The van der Waals surface area contributed by atoms with E-state index in [0.29, 0.717) is 0 Å². The van der Waals surface area contributed by atoms with Gasteiger partial charge in [0.15, 0.2) is 0 Å². The van der Waals surface area contributed by atoms with Crippen molar-refractivity contribution in [1.29, 1.82) is 0 Å². The Morgan fingerprint density at radius 2 is 1.46 bits per heavy atom. The van der Waals surface area contributed by atoms with E-state index in [1.807, 2.05) is 55.5 Å². The second kappa shape index (κ2) is 10.7. The van der Waals surface area contributed by atoms with Crippen LogP contribution < -0.4 is 0 Å². The highest BCUT2D eigenvalue weighted by molar-refractivity contribution is 5.15. The lowest BCUT2D eigenvalue weighted by Crippen LogP contribution is -1.56. The van der Waals surface area contributed by atoms with Crippen molar-refractivity contribution < 1.29 is 0 Å². The summed E-state index contributed by atoms with van der Waals surface area (Å²) in [6.45, 7) is 5.60. The Labute approximate surface area is 81.7 Å². The highest BCUT2D eigenvalue weighted by Gasteiger charge is 1.65. The molecule has 0 bridgehead atoms. The van der Waals surface area contributed by atoms with Crippen LogP contribution in [0.2, 0.25) is 0 Å². The van der Waals surface area contributed by atoms with Crippen LogP contribution >= 0.6 is 0 Å². The second-order valence-electron chi connectivity index (χ2n) is 2.43. The molecule has 0 amide bonds. The van der Waals surface area contributed by atoms with Crippen molar-refractivity contribution in [3.05, 3.63) is 67.7 Å². The minimum absolute atomic E-state index is 0.951. The largest absolute Gasteiger partial charge is 0.0879 e. The lowest BCUT2D eigenvalue weighted by molar-refractivity contribution is 1.39. The van der Waals surface area contributed by atoms with Crippen LogP contribution in [0.1, 0.15) is 13.3 Å². The van der Waals surface area contributed by atoms with Crippen LogP contribution in [0.3, 0.4) is 0 Å². The molecule has 0 aromatic rings. The van der Waals surface area contributed by atoms with Gasteiger partial charge in [0, 0.05) is 0 Å². The third-order valence-corrected chi connectivity index (χ3v) is 1.32. The fourth-order valence-corrected chi connectivity index (χ4v) is 0.700. The molecule has 0 aliphatic carbocycles. The molecule has 0 saturated heterocycles. The van der Waals surface area contributed by atoms with E-state index in [9.17, 15) is 0 Å². The molecule has 0 fully saturated rings. The van der Waals surface area contributed by atoms with Gasteiger partial charge in [-0.3, -0.25) is 0 Å². The van der Waals surface area contributed by atoms with Gasteiger partial charge in [-0.25, -0.2) is 0 Å². The summed E-state index contributed by atoms with van der Waals surface area (Å²) in [4.78, 5) is 0. The first-order chi connectivity index (χ1) is 6.41. The van der Waals surface area contributed by atoms with Crippen molar-refractivity contribution in [1.82, 2.24) is 0 Å². The van der Waals surface area contributed by atoms with Crippen LogP contribution in [0, 0.1) is 6.92 Å². The number of rotatable bonds is 5. The maximum atomic E-state index is 3.60. The van der Waals surface area contributed by atoms with E-state index < -0.39 is 0 Å². The van der Waals surface area contributed by atoms with Gasteiger partial charge in [0.2, 0.25) is 0 Å². The van der Waals surface area contributed by atoms with Crippen molar-refractivity contribution in [2.24, 2.45) is 0 Å². The quantitative estimate of drug-likeness (QED) is 0.551. The van der Waals surface area contributed by atoms with Crippen LogP contribution in [0.25, 0.3) is 0 Å². The molecule has 0 N–H and O–H groups in total. The fourth-order valence-electron chi connectivity index (χ4n) is 0.700. The minimum atomic E-state index is 0.951. The molecule has 0 rings (SSSR count). The Hall–Kier alpha value is -1.30. The second-order valence-corrected chi connectivity index (χ2v) is 2.43. The molecule has 1 radical (unpaired) electrons. The molecule has 0 atom stereocenters. The molecule has 0 aromatic carbocycles. The van der Waals surface area contributed by atoms with Crippen LogP contribution in [-0.2, 0) is 0 Å². The van der Waals surface area contributed by atoms with E-state index in [1.165, 1.54) is 0 Å². The monoisotopic (exact) mass is 173 g/mol. The van der Waals surface area contributed by atoms with Gasteiger partial charge in [-0.1, -0.05) is 60.8 Å². The maximum Gasteiger partial charge on any atom is -0.0166 e. The Bertz CT molecular complexity index is 224. The van der Waals surface area contributed by atoms with Gasteiger partial charge in [0.25, 0.3) is 0 Å². The molecule has 0 aromatic heterocycles. The zero-order chi connectivity index (χ0) is 9.78. The molecule has 0 unspecified atom stereocenters. The zero-order valence-corrected chi connectivity index (χ0v) is 8.19. The summed E-state index contributed by atoms with van der Waals surface area (Å²) in [6.07, 6.45) is 20.9. The van der Waals surface area contributed by atoms with E-state index in [0.717, 1.165) is 6.42 Å².